The zero-order chi connectivity index (χ0) is 17.2. The number of nitro benzene ring substituents is 2. The van der Waals surface area contributed by atoms with Crippen LogP contribution >= 0.6 is 0 Å². The fraction of sp³-hybridized carbons (Fsp3) is 0.0769. The van der Waals surface area contributed by atoms with Crippen molar-refractivity contribution < 1.29 is 23.0 Å². The second-order valence-electron chi connectivity index (χ2n) is 4.49. The Bertz CT molecular complexity index is 893. The largest absolute Gasteiger partial charge is 0.450 e. The van der Waals surface area contributed by atoms with Crippen LogP contribution in [0.25, 0.3) is 0 Å². The summed E-state index contributed by atoms with van der Waals surface area (Å²) in [5.74, 6) is -0.341. The van der Waals surface area contributed by atoms with Crippen LogP contribution in [0.15, 0.2) is 47.4 Å². The van der Waals surface area contributed by atoms with Crippen molar-refractivity contribution in [2.45, 2.75) is 4.90 Å². The first kappa shape index (κ1) is 16.4. The van der Waals surface area contributed by atoms with Crippen molar-refractivity contribution in [1.82, 2.24) is 0 Å². The minimum atomic E-state index is -3.84. The number of sulfone groups is 1. The Morgan fingerprint density at radius 3 is 2.22 bits per heavy atom. The van der Waals surface area contributed by atoms with Gasteiger partial charge in [0.1, 0.15) is 10.6 Å². The molecule has 0 amide bonds. The van der Waals surface area contributed by atoms with Crippen LogP contribution in [0.4, 0.5) is 11.4 Å². The Morgan fingerprint density at radius 1 is 1.00 bits per heavy atom. The number of hydrogen-bond donors (Lipinski definition) is 0. The van der Waals surface area contributed by atoms with E-state index in [1.54, 1.807) is 0 Å². The van der Waals surface area contributed by atoms with Crippen LogP contribution in [0.1, 0.15) is 0 Å². The predicted octanol–water partition coefficient (Wildman–Crippen LogP) is 2.70. The molecule has 0 bridgehead atoms. The molecule has 0 saturated carbocycles. The third-order valence-corrected chi connectivity index (χ3v) is 3.93. The first-order valence-electron chi connectivity index (χ1n) is 6.10. The van der Waals surface area contributed by atoms with E-state index in [4.69, 9.17) is 4.74 Å². The van der Waals surface area contributed by atoms with E-state index in [9.17, 15) is 28.6 Å². The predicted molar refractivity (Wildman–Crippen MR) is 79.4 cm³/mol. The minimum absolute atomic E-state index is 0.0204. The van der Waals surface area contributed by atoms with E-state index in [0.717, 1.165) is 18.4 Å². The molecule has 0 aliphatic carbocycles. The molecule has 0 aromatic heterocycles. The van der Waals surface area contributed by atoms with Crippen molar-refractivity contribution in [3.05, 3.63) is 62.7 Å². The number of rotatable bonds is 5. The fourth-order valence-electron chi connectivity index (χ4n) is 1.85. The molecule has 23 heavy (non-hydrogen) atoms. The number of para-hydroxylation sites is 1. The van der Waals surface area contributed by atoms with E-state index in [2.05, 4.69) is 0 Å². The summed E-state index contributed by atoms with van der Waals surface area (Å²) >= 11 is 0. The smallest absolute Gasteiger partial charge is 0.330 e. The molecule has 0 aliphatic rings. The van der Waals surface area contributed by atoms with Crippen LogP contribution in [-0.4, -0.2) is 24.5 Å². The third-order valence-electron chi connectivity index (χ3n) is 2.80. The summed E-state index contributed by atoms with van der Waals surface area (Å²) in [5.41, 5.74) is -0.981. The molecule has 0 radical (unpaired) electrons. The Labute approximate surface area is 130 Å². The first-order chi connectivity index (χ1) is 10.7. The van der Waals surface area contributed by atoms with Gasteiger partial charge in [-0.25, -0.2) is 8.42 Å². The summed E-state index contributed by atoms with van der Waals surface area (Å²) in [6, 6.07) is 8.62. The highest BCUT2D eigenvalue weighted by atomic mass is 32.2. The Kier molecular flexibility index (Phi) is 4.27. The fourth-order valence-corrected chi connectivity index (χ4v) is 2.70. The molecule has 0 atom stereocenters. The molecule has 120 valence electrons. The van der Waals surface area contributed by atoms with Crippen molar-refractivity contribution in [3.8, 4) is 11.5 Å². The number of hydrogen-bond acceptors (Lipinski definition) is 7. The van der Waals surface area contributed by atoms with E-state index in [-0.39, 0.29) is 17.2 Å². The summed E-state index contributed by atoms with van der Waals surface area (Å²) in [5, 5.41) is 21.9. The zero-order valence-electron chi connectivity index (χ0n) is 11.7. The van der Waals surface area contributed by atoms with Gasteiger partial charge in [0, 0.05) is 12.3 Å². The van der Waals surface area contributed by atoms with Crippen molar-refractivity contribution in [3.63, 3.8) is 0 Å². The average Bonchev–Trinajstić information content (AvgIpc) is 2.46. The number of benzene rings is 2. The van der Waals surface area contributed by atoms with Crippen LogP contribution < -0.4 is 4.74 Å². The van der Waals surface area contributed by atoms with Gasteiger partial charge < -0.3 is 4.74 Å². The first-order valence-corrected chi connectivity index (χ1v) is 7.99. The van der Waals surface area contributed by atoms with Crippen molar-refractivity contribution in [2.24, 2.45) is 0 Å². The van der Waals surface area contributed by atoms with Crippen LogP contribution in [-0.2, 0) is 9.84 Å². The number of nitro groups is 2. The molecule has 0 unspecified atom stereocenters. The van der Waals surface area contributed by atoms with Gasteiger partial charge >= 0.3 is 5.69 Å². The van der Waals surface area contributed by atoms with E-state index in [1.165, 1.54) is 30.3 Å². The summed E-state index contributed by atoms with van der Waals surface area (Å²) in [7, 11) is -3.84. The summed E-state index contributed by atoms with van der Waals surface area (Å²) < 4.78 is 28.6. The van der Waals surface area contributed by atoms with Crippen molar-refractivity contribution in [2.75, 3.05) is 6.26 Å². The highest BCUT2D eigenvalue weighted by Crippen LogP contribution is 2.37. The van der Waals surface area contributed by atoms with Gasteiger partial charge in [-0.1, -0.05) is 12.1 Å². The van der Waals surface area contributed by atoms with E-state index in [0.29, 0.717) is 0 Å². The van der Waals surface area contributed by atoms with Crippen LogP contribution in [0.2, 0.25) is 0 Å². The minimum Gasteiger partial charge on any atom is -0.450 e. The molecule has 10 heteroatoms. The lowest BCUT2D eigenvalue weighted by Crippen LogP contribution is -2.04. The highest BCUT2D eigenvalue weighted by Gasteiger charge is 2.27. The second-order valence-corrected chi connectivity index (χ2v) is 6.47. The molecule has 0 aliphatic heterocycles. The molecule has 2 aromatic carbocycles. The van der Waals surface area contributed by atoms with Gasteiger partial charge in [-0.3, -0.25) is 20.2 Å². The maximum Gasteiger partial charge on any atom is 0.330 e. The van der Waals surface area contributed by atoms with Gasteiger partial charge in [0.05, 0.1) is 15.9 Å². The van der Waals surface area contributed by atoms with Gasteiger partial charge in [0.2, 0.25) is 5.75 Å². The number of ether oxygens (including phenoxy) is 1. The normalized spacial score (nSPS) is 11.0. The molecule has 2 rings (SSSR count). The molecule has 0 fully saturated rings. The maximum atomic E-state index is 11.7. The SMILES string of the molecule is CS(=O)(=O)c1cccc(Oc2cccc([N+](=O)[O-])c2)c1[N+](=O)[O-]. The molecular weight excluding hydrogens is 328 g/mol. The molecule has 2 aromatic rings. The highest BCUT2D eigenvalue weighted by molar-refractivity contribution is 7.90. The second kappa shape index (κ2) is 6.01. The molecule has 0 spiro atoms. The van der Waals surface area contributed by atoms with Crippen molar-refractivity contribution in [1.29, 1.82) is 0 Å². The lowest BCUT2D eigenvalue weighted by Gasteiger charge is -2.08. The van der Waals surface area contributed by atoms with Crippen LogP contribution in [0.5, 0.6) is 11.5 Å². The van der Waals surface area contributed by atoms with Gasteiger partial charge in [-0.2, -0.15) is 0 Å². The van der Waals surface area contributed by atoms with E-state index < -0.39 is 30.3 Å². The average molecular weight is 338 g/mol. The van der Waals surface area contributed by atoms with Gasteiger partial charge in [0.15, 0.2) is 9.84 Å². The van der Waals surface area contributed by atoms with Crippen LogP contribution in [0.3, 0.4) is 0 Å². The summed E-state index contributed by atoms with van der Waals surface area (Å²) in [6.07, 6.45) is 0.840. The Hall–Kier alpha value is -3.01. The monoisotopic (exact) mass is 338 g/mol. The number of nitrogens with zero attached hydrogens (tertiary/aromatic N) is 2. The quantitative estimate of drug-likeness (QED) is 0.605. The Morgan fingerprint density at radius 2 is 1.65 bits per heavy atom. The summed E-state index contributed by atoms with van der Waals surface area (Å²) in [4.78, 5) is 19.9. The Balaban J connectivity index is 2.55. The van der Waals surface area contributed by atoms with Gasteiger partial charge in [0.25, 0.3) is 5.69 Å². The van der Waals surface area contributed by atoms with Gasteiger partial charge in [-0.15, -0.1) is 0 Å². The maximum absolute atomic E-state index is 11.7. The molecule has 0 heterocycles. The lowest BCUT2D eigenvalue weighted by atomic mass is 10.3. The molecule has 0 saturated heterocycles. The van der Waals surface area contributed by atoms with Crippen LogP contribution in [0, 0.1) is 20.2 Å². The third kappa shape index (κ3) is 3.61. The number of non-ortho nitro benzene ring substituents is 1. The molecule has 0 N–H and O–H groups in total. The van der Waals surface area contributed by atoms with Gasteiger partial charge in [-0.05, 0) is 18.2 Å². The topological polar surface area (TPSA) is 130 Å². The lowest BCUT2D eigenvalue weighted by molar-refractivity contribution is -0.388. The standard InChI is InChI=1S/C13H10N2O7S/c1-23(20,21)12-7-3-6-11(13(12)15(18)19)22-10-5-2-4-9(8-10)14(16)17/h2-8H,1H3. The van der Waals surface area contributed by atoms with E-state index >= 15 is 0 Å². The molecule has 9 nitrogen and oxygen atoms in total. The van der Waals surface area contributed by atoms with Crippen molar-refractivity contribution >= 4 is 21.2 Å². The van der Waals surface area contributed by atoms with E-state index in [1.807, 2.05) is 0 Å². The zero-order valence-corrected chi connectivity index (χ0v) is 12.5. The molecular formula is C13H10N2O7S. The summed E-state index contributed by atoms with van der Waals surface area (Å²) in [6.45, 7) is 0.